The van der Waals surface area contributed by atoms with Gasteiger partial charge in [0, 0.05) is 18.6 Å². The normalized spacial score (nSPS) is 15.7. The summed E-state index contributed by atoms with van der Waals surface area (Å²) >= 11 is 0. The lowest BCUT2D eigenvalue weighted by molar-refractivity contribution is -0.137. The lowest BCUT2D eigenvalue weighted by atomic mass is 9.93. The first-order valence-corrected chi connectivity index (χ1v) is 11.1. The first-order valence-electron chi connectivity index (χ1n) is 11.1. The van der Waals surface area contributed by atoms with Gasteiger partial charge in [-0.2, -0.15) is 13.2 Å². The van der Waals surface area contributed by atoms with Crippen LogP contribution in [0.3, 0.4) is 0 Å². The number of carbonyl (C=O) groups is 1. The number of nitrogens with zero attached hydrogens (tertiary/aromatic N) is 5. The molecule has 0 unspecified atom stereocenters. The van der Waals surface area contributed by atoms with Gasteiger partial charge in [-0.05, 0) is 56.0 Å². The zero-order chi connectivity index (χ0) is 24.7. The summed E-state index contributed by atoms with van der Waals surface area (Å²) in [6.07, 6.45) is 1.67. The molecule has 1 atom stereocenters. The monoisotopic (exact) mass is 481 g/mol. The SMILES string of the molecule is Cc1cc2[nH]c(C(=O)N(Cc3ccc(C(F)(F)F)cn3)[C@H]3CCCc4nccnc43)cc2nc1N. The number of fused-ring (bicyclic) bond motifs is 2. The Balaban J connectivity index is 1.54. The van der Waals surface area contributed by atoms with Crippen LogP contribution in [0.25, 0.3) is 11.0 Å². The Labute approximate surface area is 198 Å². The van der Waals surface area contributed by atoms with Crippen molar-refractivity contribution in [2.24, 2.45) is 0 Å². The van der Waals surface area contributed by atoms with E-state index < -0.39 is 17.8 Å². The molecule has 180 valence electrons. The van der Waals surface area contributed by atoms with Gasteiger partial charge in [-0.3, -0.25) is 19.7 Å². The summed E-state index contributed by atoms with van der Waals surface area (Å²) in [5.74, 6) is 0.0298. The number of nitrogens with two attached hydrogens (primary N) is 1. The molecular formula is C24H22F3N7O. The second-order valence-electron chi connectivity index (χ2n) is 8.57. The highest BCUT2D eigenvalue weighted by Gasteiger charge is 2.34. The molecule has 0 saturated carbocycles. The molecule has 1 amide bonds. The lowest BCUT2D eigenvalue weighted by Crippen LogP contribution is -2.37. The third-order valence-corrected chi connectivity index (χ3v) is 6.20. The van der Waals surface area contributed by atoms with E-state index in [9.17, 15) is 18.0 Å². The Bertz CT molecular complexity index is 1360. The van der Waals surface area contributed by atoms with Gasteiger partial charge in [0.05, 0.1) is 46.3 Å². The van der Waals surface area contributed by atoms with Crippen molar-refractivity contribution in [3.05, 3.63) is 76.8 Å². The first-order chi connectivity index (χ1) is 16.7. The second-order valence-corrected chi connectivity index (χ2v) is 8.57. The molecule has 4 heterocycles. The maximum Gasteiger partial charge on any atom is 0.417 e. The van der Waals surface area contributed by atoms with Crippen LogP contribution in [0, 0.1) is 6.92 Å². The zero-order valence-electron chi connectivity index (χ0n) is 18.8. The van der Waals surface area contributed by atoms with Crippen LogP contribution in [0.4, 0.5) is 19.0 Å². The number of aryl methyl sites for hydroxylation is 2. The summed E-state index contributed by atoms with van der Waals surface area (Å²) in [5.41, 5.74) is 9.19. The summed E-state index contributed by atoms with van der Waals surface area (Å²) in [6, 6.07) is 5.30. The third-order valence-electron chi connectivity index (χ3n) is 6.20. The largest absolute Gasteiger partial charge is 0.417 e. The number of rotatable bonds is 4. The number of nitrogens with one attached hydrogen (secondary N) is 1. The summed E-state index contributed by atoms with van der Waals surface area (Å²) in [7, 11) is 0. The number of hydrogen-bond acceptors (Lipinski definition) is 6. The molecule has 0 spiro atoms. The first kappa shape index (κ1) is 22.8. The second kappa shape index (κ2) is 8.64. The number of anilines is 1. The van der Waals surface area contributed by atoms with Gasteiger partial charge in [-0.1, -0.05) is 0 Å². The number of aromatic amines is 1. The molecule has 4 aromatic rings. The van der Waals surface area contributed by atoms with Crippen molar-refractivity contribution >= 4 is 22.8 Å². The van der Waals surface area contributed by atoms with Crippen molar-refractivity contribution in [1.29, 1.82) is 0 Å². The highest BCUT2D eigenvalue weighted by molar-refractivity contribution is 5.97. The smallest absolute Gasteiger partial charge is 0.383 e. The number of pyridine rings is 2. The third kappa shape index (κ3) is 4.41. The van der Waals surface area contributed by atoms with Crippen LogP contribution in [0.2, 0.25) is 0 Å². The molecule has 8 nitrogen and oxygen atoms in total. The molecule has 5 rings (SSSR count). The van der Waals surface area contributed by atoms with E-state index in [1.807, 2.05) is 13.0 Å². The minimum atomic E-state index is -4.49. The van der Waals surface area contributed by atoms with Gasteiger partial charge in [-0.25, -0.2) is 4.98 Å². The molecule has 4 aromatic heterocycles. The molecule has 11 heteroatoms. The molecule has 35 heavy (non-hydrogen) atoms. The van der Waals surface area contributed by atoms with Crippen LogP contribution in [0.1, 0.15) is 57.6 Å². The van der Waals surface area contributed by atoms with E-state index in [-0.39, 0.29) is 12.5 Å². The molecule has 0 saturated heterocycles. The van der Waals surface area contributed by atoms with E-state index in [0.717, 1.165) is 36.4 Å². The Morgan fingerprint density at radius 3 is 2.74 bits per heavy atom. The molecule has 1 aliphatic rings. The Hall–Kier alpha value is -4.02. The number of alkyl halides is 3. The van der Waals surface area contributed by atoms with Gasteiger partial charge in [-0.15, -0.1) is 0 Å². The molecule has 0 radical (unpaired) electrons. The number of carbonyl (C=O) groups excluding carboxylic acids is 1. The average molecular weight is 481 g/mol. The molecular weight excluding hydrogens is 459 g/mol. The van der Waals surface area contributed by atoms with Crippen molar-refractivity contribution in [2.75, 3.05) is 5.73 Å². The van der Waals surface area contributed by atoms with Gasteiger partial charge >= 0.3 is 6.18 Å². The lowest BCUT2D eigenvalue weighted by Gasteiger charge is -2.34. The van der Waals surface area contributed by atoms with Crippen molar-refractivity contribution in [1.82, 2.24) is 29.8 Å². The fraction of sp³-hybridized carbons (Fsp3) is 0.292. The predicted octanol–water partition coefficient (Wildman–Crippen LogP) is 4.38. The topological polar surface area (TPSA) is 114 Å². The summed E-state index contributed by atoms with van der Waals surface area (Å²) in [6.45, 7) is 1.83. The highest BCUT2D eigenvalue weighted by Crippen LogP contribution is 2.34. The Morgan fingerprint density at radius 2 is 2.00 bits per heavy atom. The van der Waals surface area contributed by atoms with Crippen molar-refractivity contribution in [3.63, 3.8) is 0 Å². The van der Waals surface area contributed by atoms with Crippen LogP contribution in [0.15, 0.2) is 42.9 Å². The van der Waals surface area contributed by atoms with E-state index in [4.69, 9.17) is 5.73 Å². The van der Waals surface area contributed by atoms with Gasteiger partial charge in [0.25, 0.3) is 5.91 Å². The van der Waals surface area contributed by atoms with Gasteiger partial charge in [0.1, 0.15) is 11.5 Å². The number of halogens is 3. The van der Waals surface area contributed by atoms with Crippen LogP contribution in [-0.2, 0) is 19.1 Å². The summed E-state index contributed by atoms with van der Waals surface area (Å²) < 4.78 is 39.0. The van der Waals surface area contributed by atoms with E-state index in [1.54, 1.807) is 23.4 Å². The minimum absolute atomic E-state index is 0.00160. The summed E-state index contributed by atoms with van der Waals surface area (Å²) in [4.78, 5) is 35.7. The fourth-order valence-electron chi connectivity index (χ4n) is 4.38. The Kier molecular flexibility index (Phi) is 5.62. The maximum atomic E-state index is 13.8. The van der Waals surface area contributed by atoms with Crippen LogP contribution in [-0.4, -0.2) is 35.7 Å². The summed E-state index contributed by atoms with van der Waals surface area (Å²) in [5, 5.41) is 0. The standard InChI is InChI=1S/C24H22F3N7O/c1-13-9-17-18(33-22(13)28)10-19(32-17)23(35)34(12-15-6-5-14(11-31-15)24(25,26)27)20-4-2-3-16-21(20)30-8-7-29-16/h5-11,20,32H,2-4,12H2,1H3,(H2,28,33)/t20-/m0/s1. The van der Waals surface area contributed by atoms with Crippen LogP contribution >= 0.6 is 0 Å². The molecule has 1 aliphatic carbocycles. The van der Waals surface area contributed by atoms with Crippen LogP contribution < -0.4 is 5.73 Å². The van der Waals surface area contributed by atoms with Gasteiger partial charge < -0.3 is 15.6 Å². The van der Waals surface area contributed by atoms with E-state index >= 15 is 0 Å². The van der Waals surface area contributed by atoms with Crippen molar-refractivity contribution in [3.8, 4) is 0 Å². The van der Waals surface area contributed by atoms with Crippen molar-refractivity contribution < 1.29 is 18.0 Å². The number of amides is 1. The molecule has 0 aromatic carbocycles. The van der Waals surface area contributed by atoms with Crippen LogP contribution in [0.5, 0.6) is 0 Å². The van der Waals surface area contributed by atoms with Gasteiger partial charge in [0.2, 0.25) is 0 Å². The van der Waals surface area contributed by atoms with E-state index in [0.29, 0.717) is 40.4 Å². The molecule has 0 bridgehead atoms. The quantitative estimate of drug-likeness (QED) is 0.447. The fourth-order valence-corrected chi connectivity index (χ4v) is 4.38. The zero-order valence-corrected chi connectivity index (χ0v) is 18.8. The molecule has 0 aliphatic heterocycles. The molecule has 0 fully saturated rings. The average Bonchev–Trinajstić information content (AvgIpc) is 3.24. The minimum Gasteiger partial charge on any atom is -0.383 e. The Morgan fingerprint density at radius 1 is 1.20 bits per heavy atom. The predicted molar refractivity (Wildman–Crippen MR) is 122 cm³/mol. The van der Waals surface area contributed by atoms with E-state index in [2.05, 4.69) is 24.9 Å². The number of aromatic nitrogens is 5. The van der Waals surface area contributed by atoms with E-state index in [1.165, 1.54) is 6.07 Å². The maximum absolute atomic E-state index is 13.8. The number of H-pyrrole nitrogens is 1. The van der Waals surface area contributed by atoms with Crippen molar-refractivity contribution in [2.45, 2.75) is 44.9 Å². The highest BCUT2D eigenvalue weighted by atomic mass is 19.4. The molecule has 3 N–H and O–H groups in total. The number of hydrogen-bond donors (Lipinski definition) is 2. The number of nitrogen functional groups attached to an aromatic ring is 1. The van der Waals surface area contributed by atoms with Gasteiger partial charge in [0.15, 0.2) is 0 Å².